The van der Waals surface area contributed by atoms with E-state index in [2.05, 4.69) is 4.74 Å². The molecule has 1 aliphatic rings. The summed E-state index contributed by atoms with van der Waals surface area (Å²) in [6, 6.07) is 5.79. The van der Waals surface area contributed by atoms with Gasteiger partial charge >= 0.3 is 6.61 Å². The smallest absolute Gasteiger partial charge is 0.387 e. The fourth-order valence-electron chi connectivity index (χ4n) is 2.67. The Morgan fingerprint density at radius 1 is 1.42 bits per heavy atom. The third-order valence-electron chi connectivity index (χ3n) is 4.08. The highest BCUT2D eigenvalue weighted by molar-refractivity contribution is 5.98. The van der Waals surface area contributed by atoms with Crippen molar-refractivity contribution in [3.05, 3.63) is 35.9 Å². The summed E-state index contributed by atoms with van der Waals surface area (Å²) in [5.41, 5.74) is 0.899. The Morgan fingerprint density at radius 3 is 2.67 bits per heavy atom. The minimum Gasteiger partial charge on any atom is -0.434 e. The molecule has 0 spiro atoms. The van der Waals surface area contributed by atoms with Gasteiger partial charge in [-0.25, -0.2) is 0 Å². The summed E-state index contributed by atoms with van der Waals surface area (Å²) in [6.45, 7) is -0.694. The Bertz CT molecular complexity index is 661. The molecule has 24 heavy (non-hydrogen) atoms. The summed E-state index contributed by atoms with van der Waals surface area (Å²) in [6.07, 6.45) is 1.91. The number of amides is 2. The summed E-state index contributed by atoms with van der Waals surface area (Å²) in [7, 11) is 3.26. The zero-order valence-corrected chi connectivity index (χ0v) is 13.8. The van der Waals surface area contributed by atoms with Crippen LogP contribution in [0.3, 0.4) is 0 Å². The first-order chi connectivity index (χ1) is 11.3. The molecule has 1 unspecified atom stereocenters. The summed E-state index contributed by atoms with van der Waals surface area (Å²) in [5, 5.41) is 0. The maximum atomic E-state index is 12.5. The molecule has 7 heteroatoms. The third-order valence-corrected chi connectivity index (χ3v) is 4.08. The zero-order chi connectivity index (χ0) is 17.9. The van der Waals surface area contributed by atoms with Crippen LogP contribution in [-0.2, 0) is 9.59 Å². The second-order valence-corrected chi connectivity index (χ2v) is 5.72. The Balaban J connectivity index is 2.18. The van der Waals surface area contributed by atoms with Crippen LogP contribution in [0.1, 0.15) is 18.9 Å². The van der Waals surface area contributed by atoms with Gasteiger partial charge in [-0.1, -0.05) is 18.2 Å². The van der Waals surface area contributed by atoms with Crippen LogP contribution in [0.15, 0.2) is 30.3 Å². The molecule has 2 rings (SSSR count). The highest BCUT2D eigenvalue weighted by Gasteiger charge is 2.33. The Hall–Kier alpha value is -2.44. The number of likely N-dealkylation sites (tertiary alicyclic amines) is 1. The number of ether oxygens (including phenoxy) is 1. The van der Waals surface area contributed by atoms with Crippen LogP contribution in [0, 0.1) is 0 Å². The quantitative estimate of drug-likeness (QED) is 0.775. The lowest BCUT2D eigenvalue weighted by Crippen LogP contribution is -2.41. The SMILES string of the molecule is CC(=CC(=O)N(C)C1CCN(C)C1=O)c1ccccc1OC(F)F. The van der Waals surface area contributed by atoms with E-state index in [1.165, 1.54) is 17.0 Å². The van der Waals surface area contributed by atoms with Crippen molar-refractivity contribution >= 4 is 17.4 Å². The zero-order valence-electron chi connectivity index (χ0n) is 13.8. The molecule has 0 N–H and O–H groups in total. The van der Waals surface area contributed by atoms with Gasteiger partial charge in [-0.3, -0.25) is 9.59 Å². The number of carbonyl (C=O) groups excluding carboxylic acids is 2. The summed E-state index contributed by atoms with van der Waals surface area (Å²) < 4.78 is 29.4. The van der Waals surface area contributed by atoms with Gasteiger partial charge in [0.1, 0.15) is 11.8 Å². The summed E-state index contributed by atoms with van der Waals surface area (Å²) in [5.74, 6) is -0.445. The molecule has 1 aromatic carbocycles. The number of hydrogen-bond acceptors (Lipinski definition) is 3. The predicted octanol–water partition coefficient (Wildman–Crippen LogP) is 2.38. The van der Waals surface area contributed by atoms with Gasteiger partial charge in [0.2, 0.25) is 11.8 Å². The molecule has 0 saturated carbocycles. The highest BCUT2D eigenvalue weighted by Crippen LogP contribution is 2.27. The fourth-order valence-corrected chi connectivity index (χ4v) is 2.67. The maximum Gasteiger partial charge on any atom is 0.387 e. The molecule has 0 radical (unpaired) electrons. The Labute approximate surface area is 139 Å². The average molecular weight is 338 g/mol. The summed E-state index contributed by atoms with van der Waals surface area (Å²) >= 11 is 0. The number of likely N-dealkylation sites (N-methyl/N-ethyl adjacent to an activating group) is 2. The van der Waals surface area contributed by atoms with Crippen molar-refractivity contribution in [3.63, 3.8) is 0 Å². The minimum atomic E-state index is -2.94. The van der Waals surface area contributed by atoms with Gasteiger partial charge in [-0.05, 0) is 25.0 Å². The number of para-hydroxylation sites is 1. The van der Waals surface area contributed by atoms with Crippen molar-refractivity contribution in [1.82, 2.24) is 9.80 Å². The van der Waals surface area contributed by atoms with Crippen LogP contribution in [0.2, 0.25) is 0 Å². The van der Waals surface area contributed by atoms with Crippen molar-refractivity contribution in [2.75, 3.05) is 20.6 Å². The van der Waals surface area contributed by atoms with E-state index < -0.39 is 12.7 Å². The number of allylic oxidation sites excluding steroid dienone is 1. The molecule has 0 aromatic heterocycles. The lowest BCUT2D eigenvalue weighted by atomic mass is 10.1. The highest BCUT2D eigenvalue weighted by atomic mass is 19.3. The van der Waals surface area contributed by atoms with E-state index in [1.807, 2.05) is 0 Å². The van der Waals surface area contributed by atoms with Crippen LogP contribution in [-0.4, -0.2) is 54.9 Å². The van der Waals surface area contributed by atoms with Crippen LogP contribution < -0.4 is 4.74 Å². The van der Waals surface area contributed by atoms with Gasteiger partial charge in [0.15, 0.2) is 0 Å². The molecule has 130 valence electrons. The molecule has 5 nitrogen and oxygen atoms in total. The van der Waals surface area contributed by atoms with Crippen LogP contribution >= 0.6 is 0 Å². The molecule has 1 aromatic rings. The number of hydrogen-bond donors (Lipinski definition) is 0. The molecule has 1 atom stereocenters. The lowest BCUT2D eigenvalue weighted by molar-refractivity contribution is -0.137. The molecule has 1 fully saturated rings. The fraction of sp³-hybridized carbons (Fsp3) is 0.412. The van der Waals surface area contributed by atoms with E-state index in [1.54, 1.807) is 44.1 Å². The summed E-state index contributed by atoms with van der Waals surface area (Å²) in [4.78, 5) is 27.3. The monoisotopic (exact) mass is 338 g/mol. The molecule has 0 aliphatic carbocycles. The largest absolute Gasteiger partial charge is 0.434 e. The van der Waals surface area contributed by atoms with Crippen LogP contribution in [0.4, 0.5) is 8.78 Å². The van der Waals surface area contributed by atoms with E-state index >= 15 is 0 Å². The molecule has 1 heterocycles. The molecule has 2 amide bonds. The first-order valence-corrected chi connectivity index (χ1v) is 7.55. The number of halogens is 2. The van der Waals surface area contributed by atoms with Gasteiger partial charge in [0.25, 0.3) is 0 Å². The molecule has 1 aliphatic heterocycles. The predicted molar refractivity (Wildman–Crippen MR) is 85.5 cm³/mol. The third kappa shape index (κ3) is 3.90. The van der Waals surface area contributed by atoms with Gasteiger partial charge in [0.05, 0.1) is 0 Å². The van der Waals surface area contributed by atoms with Gasteiger partial charge < -0.3 is 14.5 Å². The number of nitrogens with zero attached hydrogens (tertiary/aromatic N) is 2. The standard InChI is InChI=1S/C17H20F2N2O3/c1-11(12-6-4-5-7-14(12)24-17(18)19)10-15(22)21(3)13-8-9-20(2)16(13)23/h4-7,10,13,17H,8-9H2,1-3H3. The second-order valence-electron chi connectivity index (χ2n) is 5.72. The minimum absolute atomic E-state index is 0.00776. The molecular weight excluding hydrogens is 318 g/mol. The van der Waals surface area contributed by atoms with Crippen molar-refractivity contribution < 1.29 is 23.1 Å². The van der Waals surface area contributed by atoms with Crippen LogP contribution in [0.5, 0.6) is 5.75 Å². The first-order valence-electron chi connectivity index (χ1n) is 7.55. The number of carbonyl (C=O) groups is 2. The van der Waals surface area contributed by atoms with Crippen molar-refractivity contribution in [2.45, 2.75) is 26.0 Å². The molecule has 0 bridgehead atoms. The molecular formula is C17H20F2N2O3. The second kappa shape index (κ2) is 7.42. The normalized spacial score (nSPS) is 18.2. The number of benzene rings is 1. The average Bonchev–Trinajstić information content (AvgIpc) is 2.86. The molecule has 1 saturated heterocycles. The van der Waals surface area contributed by atoms with E-state index in [0.29, 0.717) is 24.1 Å². The first kappa shape index (κ1) is 17.9. The van der Waals surface area contributed by atoms with Crippen LogP contribution in [0.25, 0.3) is 5.57 Å². The van der Waals surface area contributed by atoms with E-state index in [9.17, 15) is 18.4 Å². The van der Waals surface area contributed by atoms with Crippen molar-refractivity contribution in [1.29, 1.82) is 0 Å². The van der Waals surface area contributed by atoms with Gasteiger partial charge in [-0.15, -0.1) is 0 Å². The number of alkyl halides is 2. The number of rotatable bonds is 5. The topological polar surface area (TPSA) is 49.9 Å². The van der Waals surface area contributed by atoms with E-state index in [0.717, 1.165) is 0 Å². The maximum absolute atomic E-state index is 12.5. The van der Waals surface area contributed by atoms with Gasteiger partial charge in [-0.2, -0.15) is 8.78 Å². The van der Waals surface area contributed by atoms with E-state index in [-0.39, 0.29) is 17.6 Å². The Kier molecular flexibility index (Phi) is 5.54. The lowest BCUT2D eigenvalue weighted by Gasteiger charge is -2.22. The Morgan fingerprint density at radius 2 is 2.08 bits per heavy atom. The van der Waals surface area contributed by atoms with Gasteiger partial charge in [0, 0.05) is 32.3 Å². The van der Waals surface area contributed by atoms with Crippen molar-refractivity contribution in [3.8, 4) is 5.75 Å². The van der Waals surface area contributed by atoms with Crippen molar-refractivity contribution in [2.24, 2.45) is 0 Å². The van der Waals surface area contributed by atoms with E-state index in [4.69, 9.17) is 0 Å².